The van der Waals surface area contributed by atoms with Gasteiger partial charge in [-0.1, -0.05) is 18.6 Å². The van der Waals surface area contributed by atoms with Gasteiger partial charge in [0.2, 0.25) is 0 Å². The first-order valence-electron chi connectivity index (χ1n) is 7.28. The van der Waals surface area contributed by atoms with Crippen molar-refractivity contribution in [1.82, 2.24) is 14.9 Å². The normalized spacial score (nSPS) is 15.7. The molecule has 3 heteroatoms. The minimum atomic E-state index is 0.889. The summed E-state index contributed by atoms with van der Waals surface area (Å²) in [4.78, 5) is 4.40. The Morgan fingerprint density at radius 1 is 1.39 bits per heavy atom. The van der Waals surface area contributed by atoms with E-state index in [1.165, 1.54) is 32.1 Å². The average Bonchev–Trinajstić information content (AvgIpc) is 2.84. The van der Waals surface area contributed by atoms with Crippen molar-refractivity contribution in [3.63, 3.8) is 0 Å². The zero-order valence-corrected chi connectivity index (χ0v) is 11.5. The molecule has 0 saturated carbocycles. The number of aromatic nitrogens is 2. The summed E-state index contributed by atoms with van der Waals surface area (Å²) in [7, 11) is 0. The van der Waals surface area contributed by atoms with Crippen molar-refractivity contribution < 1.29 is 0 Å². The summed E-state index contributed by atoms with van der Waals surface area (Å²) in [6.45, 7) is 5.24. The molecule has 0 radical (unpaired) electrons. The lowest BCUT2D eigenvalue weighted by molar-refractivity contribution is 0.580. The summed E-state index contributed by atoms with van der Waals surface area (Å²) in [5, 5.41) is 3.51. The van der Waals surface area contributed by atoms with Crippen molar-refractivity contribution >= 4 is 0 Å². The van der Waals surface area contributed by atoms with E-state index in [0.29, 0.717) is 0 Å². The van der Waals surface area contributed by atoms with Gasteiger partial charge in [0.1, 0.15) is 5.82 Å². The second-order valence-electron chi connectivity index (χ2n) is 5.07. The lowest BCUT2D eigenvalue weighted by Crippen LogP contribution is -2.18. The number of imidazole rings is 1. The van der Waals surface area contributed by atoms with Crippen molar-refractivity contribution in [2.75, 3.05) is 6.54 Å². The second kappa shape index (κ2) is 7.37. The average molecular weight is 247 g/mol. The van der Waals surface area contributed by atoms with Crippen LogP contribution in [-0.2, 0) is 13.1 Å². The van der Waals surface area contributed by atoms with Crippen LogP contribution in [0, 0.1) is 0 Å². The zero-order valence-electron chi connectivity index (χ0n) is 11.5. The molecule has 0 amide bonds. The molecule has 0 aliphatic heterocycles. The molecule has 1 aliphatic rings. The van der Waals surface area contributed by atoms with Crippen LogP contribution < -0.4 is 5.32 Å². The quantitative estimate of drug-likeness (QED) is 0.592. The number of aryl methyl sites for hydroxylation is 1. The van der Waals surface area contributed by atoms with Gasteiger partial charge in [-0.2, -0.15) is 0 Å². The van der Waals surface area contributed by atoms with Crippen LogP contribution in [0.3, 0.4) is 0 Å². The Morgan fingerprint density at radius 3 is 3.11 bits per heavy atom. The van der Waals surface area contributed by atoms with Gasteiger partial charge in [0.15, 0.2) is 0 Å². The third-order valence-corrected chi connectivity index (χ3v) is 3.56. The fraction of sp³-hybridized carbons (Fsp3) is 0.667. The molecule has 0 unspecified atom stereocenters. The number of allylic oxidation sites excluding steroid dienone is 1. The number of hydrogen-bond acceptors (Lipinski definition) is 2. The first-order valence-corrected chi connectivity index (χ1v) is 7.28. The van der Waals surface area contributed by atoms with Gasteiger partial charge in [-0.15, -0.1) is 0 Å². The first-order chi connectivity index (χ1) is 8.90. The summed E-state index contributed by atoms with van der Waals surface area (Å²) in [5.74, 6) is 1.16. The first kappa shape index (κ1) is 13.3. The highest BCUT2D eigenvalue weighted by Gasteiger charge is 2.04. The molecule has 0 bridgehead atoms. The molecule has 1 heterocycles. The van der Waals surface area contributed by atoms with E-state index in [-0.39, 0.29) is 0 Å². The molecule has 0 spiro atoms. The van der Waals surface area contributed by atoms with Crippen molar-refractivity contribution in [3.8, 4) is 0 Å². The van der Waals surface area contributed by atoms with Crippen molar-refractivity contribution in [1.29, 1.82) is 0 Å². The molecule has 18 heavy (non-hydrogen) atoms. The molecule has 1 aliphatic carbocycles. The Bertz CT molecular complexity index is 379. The van der Waals surface area contributed by atoms with Crippen molar-refractivity contribution in [2.45, 2.75) is 58.5 Å². The van der Waals surface area contributed by atoms with Crippen LogP contribution in [-0.4, -0.2) is 16.1 Å². The van der Waals surface area contributed by atoms with E-state index < -0.39 is 0 Å². The van der Waals surface area contributed by atoms with Gasteiger partial charge in [0, 0.05) is 18.9 Å². The zero-order chi connectivity index (χ0) is 12.6. The smallest absolute Gasteiger partial charge is 0.122 e. The molecule has 0 aromatic carbocycles. The summed E-state index contributed by atoms with van der Waals surface area (Å²) in [6.07, 6.45) is 14.1. The van der Waals surface area contributed by atoms with Crippen LogP contribution in [0.2, 0.25) is 0 Å². The van der Waals surface area contributed by atoms with Gasteiger partial charge in [-0.3, -0.25) is 0 Å². The Morgan fingerprint density at radius 2 is 2.33 bits per heavy atom. The molecule has 1 aromatic heterocycles. The maximum atomic E-state index is 4.40. The number of nitrogens with zero attached hydrogens (tertiary/aromatic N) is 2. The Hall–Kier alpha value is -1.09. The van der Waals surface area contributed by atoms with E-state index in [1.54, 1.807) is 5.57 Å². The molecule has 0 fully saturated rings. The number of nitrogens with one attached hydrogen (secondary N) is 1. The summed E-state index contributed by atoms with van der Waals surface area (Å²) < 4.78 is 2.24. The highest BCUT2D eigenvalue weighted by atomic mass is 15.1. The van der Waals surface area contributed by atoms with E-state index in [1.807, 2.05) is 6.20 Å². The predicted molar refractivity (Wildman–Crippen MR) is 75.4 cm³/mol. The SMILES string of the molecule is CCCn1ccnc1CNCCC1=CCCCC1. The van der Waals surface area contributed by atoms with Crippen LogP contribution in [0.5, 0.6) is 0 Å². The molecule has 2 rings (SSSR count). The van der Waals surface area contributed by atoms with Crippen molar-refractivity contribution in [3.05, 3.63) is 29.9 Å². The fourth-order valence-corrected chi connectivity index (χ4v) is 2.53. The third-order valence-electron chi connectivity index (χ3n) is 3.56. The highest BCUT2D eigenvalue weighted by molar-refractivity contribution is 5.05. The second-order valence-corrected chi connectivity index (χ2v) is 5.07. The lowest BCUT2D eigenvalue weighted by Gasteiger charge is -2.13. The standard InChI is InChI=1S/C15H25N3/c1-2-11-18-12-10-17-15(18)13-16-9-8-14-6-4-3-5-7-14/h6,10,12,16H,2-5,7-9,11,13H2,1H3. The largest absolute Gasteiger partial charge is 0.334 e. The van der Waals surface area contributed by atoms with Gasteiger partial charge in [-0.25, -0.2) is 4.98 Å². The Balaban J connectivity index is 1.68. The Labute approximate surface area is 110 Å². The molecule has 100 valence electrons. The van der Waals surface area contributed by atoms with Gasteiger partial charge < -0.3 is 9.88 Å². The molecule has 0 atom stereocenters. The number of rotatable bonds is 7. The van der Waals surface area contributed by atoms with E-state index in [9.17, 15) is 0 Å². The van der Waals surface area contributed by atoms with Crippen LogP contribution in [0.4, 0.5) is 0 Å². The lowest BCUT2D eigenvalue weighted by atomic mass is 9.97. The van der Waals surface area contributed by atoms with E-state index in [2.05, 4.69) is 34.1 Å². The minimum absolute atomic E-state index is 0.889. The molecule has 3 nitrogen and oxygen atoms in total. The predicted octanol–water partition coefficient (Wildman–Crippen LogP) is 3.27. The van der Waals surface area contributed by atoms with Crippen LogP contribution >= 0.6 is 0 Å². The van der Waals surface area contributed by atoms with Crippen LogP contribution in [0.1, 0.15) is 51.3 Å². The molecule has 0 saturated heterocycles. The monoisotopic (exact) mass is 247 g/mol. The molecule has 1 aromatic rings. The fourth-order valence-electron chi connectivity index (χ4n) is 2.53. The highest BCUT2D eigenvalue weighted by Crippen LogP contribution is 2.19. The van der Waals surface area contributed by atoms with Crippen LogP contribution in [0.15, 0.2) is 24.0 Å². The van der Waals surface area contributed by atoms with Gasteiger partial charge in [-0.05, 0) is 45.1 Å². The summed E-state index contributed by atoms with van der Waals surface area (Å²) in [5.41, 5.74) is 1.64. The van der Waals surface area contributed by atoms with Gasteiger partial charge >= 0.3 is 0 Å². The van der Waals surface area contributed by atoms with Crippen LogP contribution in [0.25, 0.3) is 0 Å². The molecular formula is C15H25N3. The topological polar surface area (TPSA) is 29.9 Å². The van der Waals surface area contributed by atoms with Gasteiger partial charge in [0.05, 0.1) is 6.54 Å². The summed E-state index contributed by atoms with van der Waals surface area (Å²) >= 11 is 0. The number of hydrogen-bond donors (Lipinski definition) is 1. The molecule has 1 N–H and O–H groups in total. The van der Waals surface area contributed by atoms with E-state index in [0.717, 1.165) is 31.9 Å². The minimum Gasteiger partial charge on any atom is -0.334 e. The van der Waals surface area contributed by atoms with Crippen molar-refractivity contribution in [2.24, 2.45) is 0 Å². The maximum absolute atomic E-state index is 4.40. The van der Waals surface area contributed by atoms with E-state index in [4.69, 9.17) is 0 Å². The van der Waals surface area contributed by atoms with Gasteiger partial charge in [0.25, 0.3) is 0 Å². The third kappa shape index (κ3) is 3.98. The summed E-state index contributed by atoms with van der Waals surface area (Å²) in [6, 6.07) is 0. The Kier molecular flexibility index (Phi) is 5.46. The maximum Gasteiger partial charge on any atom is 0.122 e. The van der Waals surface area contributed by atoms with E-state index >= 15 is 0 Å². The molecular weight excluding hydrogens is 222 g/mol.